The van der Waals surface area contributed by atoms with Crippen molar-refractivity contribution in [3.05, 3.63) is 48.3 Å². The van der Waals surface area contributed by atoms with Crippen LogP contribution in [-0.4, -0.2) is 67.5 Å². The molecular weight excluding hydrogens is 360 g/mol. The van der Waals surface area contributed by atoms with Crippen LogP contribution in [0.1, 0.15) is 22.2 Å². The van der Waals surface area contributed by atoms with Crippen molar-refractivity contribution in [2.75, 3.05) is 26.7 Å². The van der Waals surface area contributed by atoms with E-state index in [1.807, 2.05) is 29.2 Å². The van der Waals surface area contributed by atoms with E-state index in [0.717, 1.165) is 24.4 Å². The van der Waals surface area contributed by atoms with Crippen LogP contribution in [0.4, 0.5) is 0 Å². The number of amides is 1. The zero-order valence-electron chi connectivity index (χ0n) is 15.3. The second kappa shape index (κ2) is 6.71. The Morgan fingerprint density at radius 1 is 1.18 bits per heavy atom. The van der Waals surface area contributed by atoms with E-state index in [1.165, 1.54) is 12.7 Å². The van der Waals surface area contributed by atoms with Gasteiger partial charge in [0, 0.05) is 25.6 Å². The van der Waals surface area contributed by atoms with Crippen LogP contribution in [0.2, 0.25) is 0 Å². The molecule has 3 atom stereocenters. The van der Waals surface area contributed by atoms with E-state index < -0.39 is 0 Å². The van der Waals surface area contributed by atoms with Crippen LogP contribution in [0.25, 0.3) is 5.95 Å². The lowest BCUT2D eigenvalue weighted by atomic mass is 9.89. The van der Waals surface area contributed by atoms with Crippen LogP contribution in [0, 0.1) is 11.8 Å². The number of methoxy groups -OCH3 is 1. The summed E-state index contributed by atoms with van der Waals surface area (Å²) in [6.45, 7) is 2.51. The van der Waals surface area contributed by atoms with Crippen molar-refractivity contribution in [1.82, 2.24) is 40.2 Å². The molecular formula is C18H20N8O2. The molecule has 1 aromatic carbocycles. The van der Waals surface area contributed by atoms with Gasteiger partial charge < -0.3 is 15.0 Å². The fourth-order valence-electron chi connectivity index (χ4n) is 4.26. The molecule has 3 aromatic rings. The minimum absolute atomic E-state index is 0.0122. The Labute approximate surface area is 160 Å². The number of H-pyrrole nitrogens is 1. The SMILES string of the molecule is COc1ccc([C@H]2[C@H]3CNC[C@H]3CN2C(=O)c2nc(-n3cnnc3)n[nH]2)cc1. The Morgan fingerprint density at radius 3 is 2.71 bits per heavy atom. The van der Waals surface area contributed by atoms with E-state index in [1.54, 1.807) is 11.7 Å². The maximum absolute atomic E-state index is 13.3. The predicted octanol–water partition coefficient (Wildman–Crippen LogP) is 0.427. The van der Waals surface area contributed by atoms with E-state index in [-0.39, 0.29) is 17.8 Å². The molecule has 2 aromatic heterocycles. The van der Waals surface area contributed by atoms with E-state index >= 15 is 0 Å². The van der Waals surface area contributed by atoms with Crippen LogP contribution in [0.15, 0.2) is 36.9 Å². The number of fused-ring (bicyclic) bond motifs is 1. The summed E-state index contributed by atoms with van der Waals surface area (Å²) in [6.07, 6.45) is 2.98. The van der Waals surface area contributed by atoms with Gasteiger partial charge in [0.1, 0.15) is 18.4 Å². The molecule has 2 aliphatic heterocycles. The summed E-state index contributed by atoms with van der Waals surface area (Å²) in [4.78, 5) is 19.5. The van der Waals surface area contributed by atoms with Gasteiger partial charge in [-0.3, -0.25) is 14.5 Å². The third kappa shape index (κ3) is 2.73. The number of benzene rings is 1. The van der Waals surface area contributed by atoms with Gasteiger partial charge in [0.05, 0.1) is 13.2 Å². The number of nitrogens with zero attached hydrogens (tertiary/aromatic N) is 6. The first-order chi connectivity index (χ1) is 13.7. The minimum atomic E-state index is -0.151. The molecule has 2 aliphatic rings. The molecule has 144 valence electrons. The highest BCUT2D eigenvalue weighted by Gasteiger charge is 2.47. The molecule has 2 fully saturated rings. The second-order valence-electron chi connectivity index (χ2n) is 7.11. The zero-order valence-corrected chi connectivity index (χ0v) is 15.3. The second-order valence-corrected chi connectivity index (χ2v) is 7.11. The summed E-state index contributed by atoms with van der Waals surface area (Å²) in [5, 5.41) is 17.8. The Kier molecular flexibility index (Phi) is 4.05. The molecule has 0 unspecified atom stereocenters. The van der Waals surface area contributed by atoms with Gasteiger partial charge in [0.2, 0.25) is 5.82 Å². The quantitative estimate of drug-likeness (QED) is 0.674. The van der Waals surface area contributed by atoms with Crippen molar-refractivity contribution >= 4 is 5.91 Å². The third-order valence-corrected chi connectivity index (χ3v) is 5.61. The van der Waals surface area contributed by atoms with Gasteiger partial charge in [-0.25, -0.2) is 0 Å². The number of likely N-dealkylation sites (tertiary alicyclic amines) is 1. The molecule has 0 aliphatic carbocycles. The Hall–Kier alpha value is -3.27. The number of nitrogens with one attached hydrogen (secondary N) is 2. The van der Waals surface area contributed by atoms with Crippen molar-refractivity contribution in [3.63, 3.8) is 0 Å². The average molecular weight is 380 g/mol. The molecule has 28 heavy (non-hydrogen) atoms. The first-order valence-electron chi connectivity index (χ1n) is 9.17. The predicted molar refractivity (Wildman–Crippen MR) is 97.9 cm³/mol. The standard InChI is InChI=1S/C18H20N8O2/c1-28-13-4-2-11(3-5-13)15-14-7-19-6-12(14)8-26(15)17(27)16-22-18(24-23-16)25-9-20-21-10-25/h2-5,9-10,12,14-15,19H,6-8H2,1H3,(H,22,23,24)/t12-,14-,15-/m0/s1. The Morgan fingerprint density at radius 2 is 1.96 bits per heavy atom. The summed E-state index contributed by atoms with van der Waals surface area (Å²) < 4.78 is 6.82. The van der Waals surface area contributed by atoms with Gasteiger partial charge in [-0.05, 0) is 23.6 Å². The molecule has 10 nitrogen and oxygen atoms in total. The number of aromatic amines is 1. The van der Waals surface area contributed by atoms with Gasteiger partial charge in [-0.15, -0.1) is 15.3 Å². The highest BCUT2D eigenvalue weighted by atomic mass is 16.5. The van der Waals surface area contributed by atoms with Crippen molar-refractivity contribution in [2.45, 2.75) is 6.04 Å². The van der Waals surface area contributed by atoms with E-state index in [0.29, 0.717) is 24.3 Å². The number of aromatic nitrogens is 6. The molecule has 0 spiro atoms. The van der Waals surface area contributed by atoms with Gasteiger partial charge in [0.25, 0.3) is 11.9 Å². The normalized spacial score (nSPS) is 23.8. The first-order valence-corrected chi connectivity index (χ1v) is 9.17. The van der Waals surface area contributed by atoms with Gasteiger partial charge in [-0.1, -0.05) is 12.1 Å². The monoisotopic (exact) mass is 380 g/mol. The summed E-state index contributed by atoms with van der Waals surface area (Å²) in [5.74, 6) is 2.01. The fraction of sp³-hybridized carbons (Fsp3) is 0.389. The lowest BCUT2D eigenvalue weighted by molar-refractivity contribution is 0.0702. The van der Waals surface area contributed by atoms with Crippen molar-refractivity contribution in [1.29, 1.82) is 0 Å². The fourth-order valence-corrected chi connectivity index (χ4v) is 4.26. The van der Waals surface area contributed by atoms with Gasteiger partial charge in [0.15, 0.2) is 0 Å². The largest absolute Gasteiger partial charge is 0.497 e. The first kappa shape index (κ1) is 16.9. The van der Waals surface area contributed by atoms with E-state index in [2.05, 4.69) is 30.7 Å². The minimum Gasteiger partial charge on any atom is -0.497 e. The smallest absolute Gasteiger partial charge is 0.291 e. The molecule has 0 bridgehead atoms. The summed E-state index contributed by atoms with van der Waals surface area (Å²) >= 11 is 0. The number of hydrogen-bond acceptors (Lipinski definition) is 7. The van der Waals surface area contributed by atoms with Crippen LogP contribution in [-0.2, 0) is 0 Å². The topological polar surface area (TPSA) is 114 Å². The molecule has 0 radical (unpaired) electrons. The molecule has 2 saturated heterocycles. The van der Waals surface area contributed by atoms with Gasteiger partial charge in [-0.2, -0.15) is 4.98 Å². The zero-order chi connectivity index (χ0) is 19.1. The van der Waals surface area contributed by atoms with Crippen LogP contribution in [0.5, 0.6) is 5.75 Å². The average Bonchev–Trinajstić information content (AvgIpc) is 3.51. The van der Waals surface area contributed by atoms with Gasteiger partial charge >= 0.3 is 0 Å². The summed E-state index contributed by atoms with van der Waals surface area (Å²) in [6, 6.07) is 7.93. The van der Waals surface area contributed by atoms with E-state index in [4.69, 9.17) is 4.74 Å². The molecule has 5 rings (SSSR count). The van der Waals surface area contributed by atoms with Crippen molar-refractivity contribution in [3.8, 4) is 11.7 Å². The van der Waals surface area contributed by atoms with Crippen LogP contribution < -0.4 is 10.1 Å². The maximum atomic E-state index is 13.3. The number of ether oxygens (including phenoxy) is 1. The highest BCUT2D eigenvalue weighted by molar-refractivity contribution is 5.91. The van der Waals surface area contributed by atoms with Crippen molar-refractivity contribution < 1.29 is 9.53 Å². The number of rotatable bonds is 4. The molecule has 0 saturated carbocycles. The maximum Gasteiger partial charge on any atom is 0.291 e. The Bertz CT molecular complexity index is 968. The summed E-state index contributed by atoms with van der Waals surface area (Å²) in [5.41, 5.74) is 1.10. The Balaban J connectivity index is 1.45. The van der Waals surface area contributed by atoms with Crippen molar-refractivity contribution in [2.24, 2.45) is 11.8 Å². The highest BCUT2D eigenvalue weighted by Crippen LogP contribution is 2.43. The van der Waals surface area contributed by atoms with Crippen LogP contribution in [0.3, 0.4) is 0 Å². The number of carbonyl (C=O) groups is 1. The molecule has 1 amide bonds. The van der Waals surface area contributed by atoms with E-state index in [9.17, 15) is 4.79 Å². The third-order valence-electron chi connectivity index (χ3n) is 5.61. The molecule has 10 heteroatoms. The van der Waals surface area contributed by atoms with Crippen LogP contribution >= 0.6 is 0 Å². The molecule has 2 N–H and O–H groups in total. The number of carbonyl (C=O) groups excluding carboxylic acids is 1. The lowest BCUT2D eigenvalue weighted by Crippen LogP contribution is -2.35. The molecule has 4 heterocycles. The summed E-state index contributed by atoms with van der Waals surface area (Å²) in [7, 11) is 1.65. The lowest BCUT2D eigenvalue weighted by Gasteiger charge is -2.27. The number of hydrogen-bond donors (Lipinski definition) is 2.